The summed E-state index contributed by atoms with van der Waals surface area (Å²) >= 11 is 0. The van der Waals surface area contributed by atoms with Gasteiger partial charge in [-0.25, -0.2) is 4.79 Å². The number of esters is 1. The van der Waals surface area contributed by atoms with E-state index in [9.17, 15) is 18.0 Å². The Morgan fingerprint density at radius 3 is 1.44 bits per heavy atom. The minimum Gasteiger partial charge on any atom is -0.461 e. The summed E-state index contributed by atoms with van der Waals surface area (Å²) in [6.45, 7) is 2.31. The highest BCUT2D eigenvalue weighted by Gasteiger charge is 2.51. The van der Waals surface area contributed by atoms with Crippen LogP contribution in [-0.2, 0) is 67.5 Å². The molecule has 0 aromatic heterocycles. The van der Waals surface area contributed by atoms with E-state index in [1.807, 2.05) is 170 Å². The summed E-state index contributed by atoms with van der Waals surface area (Å²) in [7, 11) is -4.13. The van der Waals surface area contributed by atoms with Crippen molar-refractivity contribution in [2.24, 2.45) is 17.4 Å². The van der Waals surface area contributed by atoms with Crippen LogP contribution in [0.25, 0.3) is 0 Å². The molecule has 1 aliphatic rings. The Morgan fingerprint density at radius 2 is 0.944 bits per heavy atom. The molecule has 1 fully saturated rings. The molecule has 1 heterocycles. The smallest absolute Gasteiger partial charge is 0.410 e. The second kappa shape index (κ2) is 26.4. The van der Waals surface area contributed by atoms with E-state index in [1.54, 1.807) is 12.1 Å². The van der Waals surface area contributed by atoms with Crippen LogP contribution in [-0.4, -0.2) is 55.7 Å². The van der Waals surface area contributed by atoms with Gasteiger partial charge >= 0.3 is 12.1 Å². The minimum atomic E-state index is -4.13. The first-order valence-corrected chi connectivity index (χ1v) is 25.7. The number of nitrogens with two attached hydrogens (primary N) is 2. The molecule has 11 heteroatoms. The quantitative estimate of drug-likeness (QED) is 0.0384. The molecule has 71 heavy (non-hydrogen) atoms. The number of benzene rings is 7. The van der Waals surface area contributed by atoms with Gasteiger partial charge in [0.05, 0.1) is 29.5 Å². The van der Waals surface area contributed by atoms with Crippen LogP contribution in [0, 0.1) is 12.8 Å². The largest absolute Gasteiger partial charge is 0.461 e. The SMILES string of the molecule is Cc1ccc(S(=O)(=O)OC(C[C@@H](N)Cc2ccccc2)[C@@H](CC(=O)OCc2ccccc2)Cc2ccccc2)cc1.N[C@@H](Cc1ccccc1)CC1[C@H](Cc2ccccc2)N1C(=O)OCc1ccccc1. The van der Waals surface area contributed by atoms with Crippen LogP contribution in [0.2, 0.25) is 0 Å². The molecule has 1 saturated heterocycles. The molecular weight excluding hydrogens is 907 g/mol. The number of rotatable bonds is 22. The first-order chi connectivity index (χ1) is 34.5. The first kappa shape index (κ1) is 51.9. The number of aryl methyl sites for hydroxylation is 1. The van der Waals surface area contributed by atoms with Gasteiger partial charge in [0.25, 0.3) is 10.1 Å². The second-order valence-electron chi connectivity index (χ2n) is 18.3. The fourth-order valence-electron chi connectivity index (χ4n) is 8.87. The second-order valence-corrected chi connectivity index (χ2v) is 19.9. The van der Waals surface area contributed by atoms with Crippen LogP contribution in [0.15, 0.2) is 211 Å². The molecule has 6 atom stereocenters. The lowest BCUT2D eigenvalue weighted by Gasteiger charge is -2.29. The highest BCUT2D eigenvalue weighted by Crippen LogP contribution is 2.36. The van der Waals surface area contributed by atoms with Crippen molar-refractivity contribution in [3.05, 3.63) is 245 Å². The lowest BCUT2D eigenvalue weighted by Crippen LogP contribution is -2.37. The Hall–Kier alpha value is -6.89. The number of nitrogens with zero attached hydrogens (tertiary/aromatic N) is 1. The van der Waals surface area contributed by atoms with Crippen molar-refractivity contribution >= 4 is 22.2 Å². The van der Waals surface area contributed by atoms with Crippen LogP contribution in [0.3, 0.4) is 0 Å². The lowest BCUT2D eigenvalue weighted by atomic mass is 9.87. The van der Waals surface area contributed by atoms with Crippen molar-refractivity contribution < 1.29 is 31.7 Å². The highest BCUT2D eigenvalue weighted by molar-refractivity contribution is 7.86. The number of carbonyl (C=O) groups is 2. The number of ether oxygens (including phenoxy) is 2. The van der Waals surface area contributed by atoms with E-state index in [0.29, 0.717) is 12.8 Å². The maximum absolute atomic E-state index is 13.5. The summed E-state index contributed by atoms with van der Waals surface area (Å²) in [5, 5.41) is 0. The van der Waals surface area contributed by atoms with Gasteiger partial charge in [0.1, 0.15) is 13.2 Å². The molecular formula is C60H65N3O7S. The molecule has 1 aliphatic heterocycles. The molecule has 4 N–H and O–H groups in total. The number of amides is 1. The molecule has 0 bridgehead atoms. The Balaban J connectivity index is 0.000000219. The van der Waals surface area contributed by atoms with Gasteiger partial charge in [-0.3, -0.25) is 13.9 Å². The maximum atomic E-state index is 13.5. The normalized spacial score (nSPS) is 15.8. The molecule has 0 aliphatic carbocycles. The molecule has 8 rings (SSSR count). The summed E-state index contributed by atoms with van der Waals surface area (Å²) in [4.78, 5) is 27.8. The van der Waals surface area contributed by atoms with E-state index in [-0.39, 0.29) is 55.2 Å². The van der Waals surface area contributed by atoms with Gasteiger partial charge in [-0.2, -0.15) is 8.42 Å². The highest BCUT2D eigenvalue weighted by atomic mass is 32.2. The van der Waals surface area contributed by atoms with E-state index in [1.165, 1.54) is 23.3 Å². The van der Waals surface area contributed by atoms with Crippen molar-refractivity contribution in [2.75, 3.05) is 0 Å². The summed E-state index contributed by atoms with van der Waals surface area (Å²) in [5.74, 6) is -0.921. The monoisotopic (exact) mass is 971 g/mol. The lowest BCUT2D eigenvalue weighted by molar-refractivity contribution is -0.147. The van der Waals surface area contributed by atoms with Crippen LogP contribution in [0.4, 0.5) is 4.79 Å². The third kappa shape index (κ3) is 16.9. The average Bonchev–Trinajstić information content (AvgIpc) is 4.06. The molecule has 7 aromatic carbocycles. The number of carbonyl (C=O) groups excluding carboxylic acids is 2. The topological polar surface area (TPSA) is 151 Å². The zero-order valence-electron chi connectivity index (χ0n) is 40.3. The van der Waals surface area contributed by atoms with Gasteiger partial charge in [-0.05, 0) is 91.0 Å². The molecule has 7 aromatic rings. The van der Waals surface area contributed by atoms with E-state index >= 15 is 0 Å². The maximum Gasteiger partial charge on any atom is 0.410 e. The van der Waals surface area contributed by atoms with Crippen molar-refractivity contribution in [1.29, 1.82) is 0 Å². The zero-order valence-corrected chi connectivity index (χ0v) is 41.1. The van der Waals surface area contributed by atoms with E-state index in [0.717, 1.165) is 47.1 Å². The average molecular weight is 972 g/mol. The third-order valence-corrected chi connectivity index (χ3v) is 14.0. The molecule has 1 amide bonds. The summed E-state index contributed by atoms with van der Waals surface area (Å²) in [5.41, 5.74) is 20.3. The fourth-order valence-corrected chi connectivity index (χ4v) is 10.0. The molecule has 10 nitrogen and oxygen atoms in total. The Labute approximate surface area is 419 Å². The van der Waals surface area contributed by atoms with E-state index < -0.39 is 34.2 Å². The van der Waals surface area contributed by atoms with Crippen molar-refractivity contribution in [3.8, 4) is 0 Å². The van der Waals surface area contributed by atoms with Gasteiger partial charge in [0, 0.05) is 18.0 Å². The molecule has 0 saturated carbocycles. The van der Waals surface area contributed by atoms with Gasteiger partial charge < -0.3 is 20.9 Å². The number of hydrogen-bond acceptors (Lipinski definition) is 9. The van der Waals surface area contributed by atoms with Gasteiger partial charge in [0.2, 0.25) is 0 Å². The predicted molar refractivity (Wildman–Crippen MR) is 279 cm³/mol. The Bertz CT molecular complexity index is 2770. The van der Waals surface area contributed by atoms with Crippen molar-refractivity contribution in [1.82, 2.24) is 4.90 Å². The molecule has 368 valence electrons. The summed E-state index contributed by atoms with van der Waals surface area (Å²) in [6.07, 6.45) is 2.48. The summed E-state index contributed by atoms with van der Waals surface area (Å²) < 4.78 is 44.1. The van der Waals surface area contributed by atoms with Crippen LogP contribution >= 0.6 is 0 Å². The Morgan fingerprint density at radius 1 is 0.521 bits per heavy atom. The molecule has 0 spiro atoms. The van der Waals surface area contributed by atoms with Crippen molar-refractivity contribution in [3.63, 3.8) is 0 Å². The molecule has 0 radical (unpaired) electrons. The van der Waals surface area contributed by atoms with E-state index in [4.69, 9.17) is 25.1 Å². The Kier molecular flexibility index (Phi) is 19.3. The standard InChI is InChI=1S/C34H37NO5S.C26H28N2O2/c1-26-17-19-32(20-18-26)41(37,38)40-33(24-31(35)22-28-13-7-3-8-14-28)30(21-27-11-5-2-6-12-27)23-34(36)39-25-29-15-9-4-10-16-29;27-23(16-20-10-4-1-5-11-20)18-25-24(17-21-12-6-2-7-13-21)28(25)26(29)30-19-22-14-8-3-9-15-22/h2-20,30-31,33H,21-25,35H2,1H3;1-15,23-25H,16-19,27H2/t30-,31+,33?;23-,24-,25?,28?/m10/s1. The summed E-state index contributed by atoms with van der Waals surface area (Å²) in [6, 6.07) is 65.6. The third-order valence-electron chi connectivity index (χ3n) is 12.6. The first-order valence-electron chi connectivity index (χ1n) is 24.3. The van der Waals surface area contributed by atoms with Gasteiger partial charge in [-0.1, -0.05) is 200 Å². The van der Waals surface area contributed by atoms with Gasteiger partial charge in [-0.15, -0.1) is 0 Å². The fraction of sp³-hybridized carbons (Fsp3) is 0.267. The molecule has 2 unspecified atom stereocenters. The zero-order chi connectivity index (χ0) is 49.8. The predicted octanol–water partition coefficient (Wildman–Crippen LogP) is 10.6. The van der Waals surface area contributed by atoms with Crippen LogP contribution in [0.5, 0.6) is 0 Å². The van der Waals surface area contributed by atoms with Crippen LogP contribution in [0.1, 0.15) is 58.2 Å². The van der Waals surface area contributed by atoms with Gasteiger partial charge in [0.15, 0.2) is 0 Å². The van der Waals surface area contributed by atoms with Crippen LogP contribution < -0.4 is 11.5 Å². The van der Waals surface area contributed by atoms with Crippen molar-refractivity contribution in [2.45, 2.75) is 100 Å². The number of hydrogen-bond donors (Lipinski definition) is 2. The minimum absolute atomic E-state index is 0.00240. The van der Waals surface area contributed by atoms with E-state index in [2.05, 4.69) is 24.3 Å².